The van der Waals surface area contributed by atoms with Gasteiger partial charge < -0.3 is 9.25 Å². The zero-order chi connectivity index (χ0) is 18.6. The van der Waals surface area contributed by atoms with Crippen molar-refractivity contribution in [3.05, 3.63) is 76.1 Å². The van der Waals surface area contributed by atoms with E-state index < -0.39 is 0 Å². The van der Waals surface area contributed by atoms with E-state index in [0.29, 0.717) is 27.5 Å². The summed E-state index contributed by atoms with van der Waals surface area (Å²) < 4.78 is 5.52. The predicted molar refractivity (Wildman–Crippen MR) is 107 cm³/mol. The average Bonchev–Trinajstić information content (AvgIpc) is 3.37. The fourth-order valence-corrected chi connectivity index (χ4v) is 2.97. The Kier molecular flexibility index (Phi) is 5.46. The molecule has 0 aliphatic heterocycles. The van der Waals surface area contributed by atoms with Crippen molar-refractivity contribution in [1.29, 1.82) is 0 Å². The number of aromatic nitrogens is 1. The van der Waals surface area contributed by atoms with Crippen LogP contribution in [0.2, 0.25) is 10.0 Å². The van der Waals surface area contributed by atoms with Gasteiger partial charge in [0.05, 0.1) is 5.71 Å². The van der Waals surface area contributed by atoms with Gasteiger partial charge >= 0.3 is 0 Å². The van der Waals surface area contributed by atoms with Crippen molar-refractivity contribution in [3.63, 3.8) is 0 Å². The zero-order valence-corrected chi connectivity index (χ0v) is 16.1. The second-order valence-corrected chi connectivity index (χ2v) is 7.49. The van der Waals surface area contributed by atoms with Gasteiger partial charge in [0.1, 0.15) is 12.0 Å². The van der Waals surface area contributed by atoms with Crippen molar-refractivity contribution in [2.45, 2.75) is 25.9 Å². The molecule has 0 radical (unpaired) electrons. The van der Waals surface area contributed by atoms with Crippen molar-refractivity contribution in [2.24, 2.45) is 11.1 Å². The summed E-state index contributed by atoms with van der Waals surface area (Å²) in [4.78, 5) is 10.0. The third kappa shape index (κ3) is 4.90. The highest BCUT2D eigenvalue weighted by Crippen LogP contribution is 2.34. The molecule has 0 bridgehead atoms. The van der Waals surface area contributed by atoms with Gasteiger partial charge in [-0.1, -0.05) is 40.5 Å². The van der Waals surface area contributed by atoms with Gasteiger partial charge in [-0.2, -0.15) is 0 Å². The first-order valence-corrected chi connectivity index (χ1v) is 9.58. The number of hydrogen-bond donors (Lipinski definition) is 0. The monoisotopic (exact) mass is 400 g/mol. The van der Waals surface area contributed by atoms with Gasteiger partial charge in [-0.25, -0.2) is 4.98 Å². The normalized spacial score (nSPS) is 14.4. The molecular formula is C21H18Cl2N2O2. The number of hydrogen-bond acceptors (Lipinski definition) is 4. The van der Waals surface area contributed by atoms with E-state index in [1.54, 1.807) is 18.4 Å². The summed E-state index contributed by atoms with van der Waals surface area (Å²) in [7, 11) is 0. The smallest absolute Gasteiger partial charge is 0.226 e. The third-order valence-electron chi connectivity index (χ3n) is 4.39. The molecule has 1 aromatic heterocycles. The minimum atomic E-state index is 0.249. The molecule has 2 aromatic carbocycles. The summed E-state index contributed by atoms with van der Waals surface area (Å²) in [6.45, 7) is 0.249. The first kappa shape index (κ1) is 18.1. The first-order valence-electron chi connectivity index (χ1n) is 8.82. The van der Waals surface area contributed by atoms with Gasteiger partial charge in [-0.3, -0.25) is 0 Å². The maximum Gasteiger partial charge on any atom is 0.226 e. The molecule has 138 valence electrons. The number of benzene rings is 2. The molecule has 3 aromatic rings. The van der Waals surface area contributed by atoms with Crippen LogP contribution in [0.3, 0.4) is 0 Å². The van der Waals surface area contributed by atoms with E-state index in [0.717, 1.165) is 23.3 Å². The van der Waals surface area contributed by atoms with Gasteiger partial charge in [-0.05, 0) is 67.1 Å². The van der Waals surface area contributed by atoms with Gasteiger partial charge in [0, 0.05) is 15.6 Å². The van der Waals surface area contributed by atoms with Crippen molar-refractivity contribution >= 4 is 28.9 Å². The van der Waals surface area contributed by atoms with Crippen LogP contribution in [-0.2, 0) is 11.4 Å². The van der Waals surface area contributed by atoms with Gasteiger partial charge in [0.2, 0.25) is 5.89 Å². The SMILES string of the molecule is Clc1ccc(/C(CC2CC2)=N/OCc2coc(-c3ccc(Cl)cc3)n2)cc1. The van der Waals surface area contributed by atoms with E-state index >= 15 is 0 Å². The van der Waals surface area contributed by atoms with Crippen LogP contribution in [0, 0.1) is 5.92 Å². The molecule has 6 heteroatoms. The molecule has 1 saturated carbocycles. The Morgan fingerprint density at radius 1 is 1.04 bits per heavy atom. The Morgan fingerprint density at radius 3 is 2.37 bits per heavy atom. The molecule has 0 N–H and O–H groups in total. The van der Waals surface area contributed by atoms with Crippen LogP contribution in [0.25, 0.3) is 11.5 Å². The summed E-state index contributed by atoms with van der Waals surface area (Å²) in [5.41, 5.74) is 3.53. The first-order chi connectivity index (χ1) is 13.2. The molecule has 1 heterocycles. The lowest BCUT2D eigenvalue weighted by atomic mass is 10.1. The van der Waals surface area contributed by atoms with Crippen LogP contribution >= 0.6 is 23.2 Å². The van der Waals surface area contributed by atoms with E-state index in [1.165, 1.54) is 12.8 Å². The number of oxazole rings is 1. The highest BCUT2D eigenvalue weighted by molar-refractivity contribution is 6.31. The molecule has 0 spiro atoms. The number of oxime groups is 1. The van der Waals surface area contributed by atoms with Crippen LogP contribution in [0.1, 0.15) is 30.5 Å². The van der Waals surface area contributed by atoms with Gasteiger partial charge in [-0.15, -0.1) is 0 Å². The second kappa shape index (κ2) is 8.15. The van der Waals surface area contributed by atoms with E-state index in [4.69, 9.17) is 32.5 Å². The lowest BCUT2D eigenvalue weighted by molar-refractivity contribution is 0.127. The quantitative estimate of drug-likeness (QED) is 0.341. The van der Waals surface area contributed by atoms with E-state index in [9.17, 15) is 0 Å². The molecular weight excluding hydrogens is 383 g/mol. The largest absolute Gasteiger partial charge is 0.444 e. The summed E-state index contributed by atoms with van der Waals surface area (Å²) in [5.74, 6) is 1.23. The summed E-state index contributed by atoms with van der Waals surface area (Å²) in [6.07, 6.45) is 5.00. The Hall–Kier alpha value is -2.30. The molecule has 0 saturated heterocycles. The van der Waals surface area contributed by atoms with E-state index in [2.05, 4.69) is 10.1 Å². The van der Waals surface area contributed by atoms with Crippen LogP contribution in [0.15, 0.2) is 64.4 Å². The summed E-state index contributed by atoms with van der Waals surface area (Å²) in [5, 5.41) is 5.75. The maximum absolute atomic E-state index is 5.98. The molecule has 0 unspecified atom stereocenters. The predicted octanol–water partition coefficient (Wildman–Crippen LogP) is 6.37. The van der Waals surface area contributed by atoms with Crippen LogP contribution in [0.4, 0.5) is 0 Å². The molecule has 1 fully saturated rings. The third-order valence-corrected chi connectivity index (χ3v) is 4.89. The standard InChI is InChI=1S/C21H18Cl2N2O2/c22-17-7-3-15(4-8-17)20(11-14-1-2-14)25-27-13-19-12-26-21(24-19)16-5-9-18(23)10-6-16/h3-10,12,14H,1-2,11,13H2/b25-20+. The van der Waals surface area contributed by atoms with Crippen LogP contribution < -0.4 is 0 Å². The summed E-state index contributed by atoms with van der Waals surface area (Å²) >= 11 is 11.9. The van der Waals surface area contributed by atoms with Crippen LogP contribution in [-0.4, -0.2) is 10.7 Å². The highest BCUT2D eigenvalue weighted by Gasteiger charge is 2.24. The second-order valence-electron chi connectivity index (χ2n) is 6.62. The lowest BCUT2D eigenvalue weighted by Crippen LogP contribution is -2.03. The molecule has 0 atom stereocenters. The van der Waals surface area contributed by atoms with E-state index in [1.807, 2.05) is 36.4 Å². The minimum Gasteiger partial charge on any atom is -0.444 e. The molecule has 4 rings (SSSR count). The Labute approximate surface area is 167 Å². The lowest BCUT2D eigenvalue weighted by Gasteiger charge is -2.06. The minimum absolute atomic E-state index is 0.249. The fourth-order valence-electron chi connectivity index (χ4n) is 2.72. The Balaban J connectivity index is 1.43. The van der Waals surface area contributed by atoms with Crippen LogP contribution in [0.5, 0.6) is 0 Å². The van der Waals surface area contributed by atoms with Crippen molar-refractivity contribution in [3.8, 4) is 11.5 Å². The molecule has 0 amide bonds. The van der Waals surface area contributed by atoms with Crippen molar-refractivity contribution in [1.82, 2.24) is 4.98 Å². The summed E-state index contributed by atoms with van der Waals surface area (Å²) in [6, 6.07) is 15.0. The topological polar surface area (TPSA) is 47.6 Å². The highest BCUT2D eigenvalue weighted by atomic mass is 35.5. The maximum atomic E-state index is 5.98. The van der Waals surface area contributed by atoms with E-state index in [-0.39, 0.29) is 6.61 Å². The zero-order valence-electron chi connectivity index (χ0n) is 14.6. The average molecular weight is 401 g/mol. The molecule has 1 aliphatic rings. The fraction of sp³-hybridized carbons (Fsp3) is 0.238. The molecule has 27 heavy (non-hydrogen) atoms. The number of rotatable bonds is 7. The van der Waals surface area contributed by atoms with Gasteiger partial charge in [0.15, 0.2) is 6.61 Å². The number of nitrogens with zero attached hydrogens (tertiary/aromatic N) is 2. The Bertz CT molecular complexity index is 930. The number of halogens is 2. The Morgan fingerprint density at radius 2 is 1.70 bits per heavy atom. The molecule has 1 aliphatic carbocycles. The van der Waals surface area contributed by atoms with Crippen molar-refractivity contribution in [2.75, 3.05) is 0 Å². The molecule has 4 nitrogen and oxygen atoms in total. The van der Waals surface area contributed by atoms with Gasteiger partial charge in [0.25, 0.3) is 0 Å². The van der Waals surface area contributed by atoms with Crippen molar-refractivity contribution < 1.29 is 9.25 Å².